The zero-order chi connectivity index (χ0) is 7.84. The van der Waals surface area contributed by atoms with Crippen molar-refractivity contribution in [2.75, 3.05) is 18.6 Å². The summed E-state index contributed by atoms with van der Waals surface area (Å²) in [6.45, 7) is 0. The van der Waals surface area contributed by atoms with Gasteiger partial charge in [-0.3, -0.25) is 4.90 Å². The Bertz CT molecular complexity index is 137. The number of hydrogen-bond acceptors (Lipinski definition) is 3. The monoisotopic (exact) mass is 172 g/mol. The van der Waals surface area contributed by atoms with E-state index in [1.165, 1.54) is 24.3 Å². The molecule has 0 aliphatic carbocycles. The van der Waals surface area contributed by atoms with Crippen LogP contribution in [0.15, 0.2) is 0 Å². The molecule has 64 valence electrons. The van der Waals surface area contributed by atoms with E-state index in [9.17, 15) is 0 Å². The molecule has 0 aromatic carbocycles. The van der Waals surface area contributed by atoms with Gasteiger partial charge in [-0.25, -0.2) is 0 Å². The molecule has 2 heterocycles. The van der Waals surface area contributed by atoms with Gasteiger partial charge >= 0.3 is 0 Å². The topological polar surface area (TPSA) is 29.3 Å². The number of piperidine rings is 1. The zero-order valence-corrected chi connectivity index (χ0v) is 7.81. The Morgan fingerprint density at radius 3 is 2.36 bits per heavy atom. The molecule has 2 aliphatic heterocycles. The molecule has 0 aromatic heterocycles. The lowest BCUT2D eigenvalue weighted by Crippen LogP contribution is -2.55. The van der Waals surface area contributed by atoms with Crippen LogP contribution in [0.5, 0.6) is 0 Å². The molecule has 0 amide bonds. The summed E-state index contributed by atoms with van der Waals surface area (Å²) in [7, 11) is 2.25. The highest BCUT2D eigenvalue weighted by Gasteiger charge is 2.34. The third-order valence-electron chi connectivity index (χ3n) is 2.92. The van der Waals surface area contributed by atoms with Crippen molar-refractivity contribution in [2.24, 2.45) is 5.73 Å². The number of fused-ring (bicyclic) bond motifs is 2. The Labute approximate surface area is 72.5 Å². The first-order valence-electron chi connectivity index (χ1n) is 4.32. The quantitative estimate of drug-likeness (QED) is 0.578. The summed E-state index contributed by atoms with van der Waals surface area (Å²) in [5.74, 6) is 2.58. The van der Waals surface area contributed by atoms with E-state index in [0.717, 1.165) is 12.1 Å². The molecular formula is C8H16N2S. The Kier molecular flexibility index (Phi) is 2.12. The first-order valence-corrected chi connectivity index (χ1v) is 5.48. The predicted molar refractivity (Wildman–Crippen MR) is 49.9 cm³/mol. The Morgan fingerprint density at radius 2 is 1.82 bits per heavy atom. The largest absolute Gasteiger partial charge is 0.328 e. The molecular weight excluding hydrogens is 156 g/mol. The minimum atomic E-state index is 0.474. The summed E-state index contributed by atoms with van der Waals surface area (Å²) in [4.78, 5) is 2.53. The van der Waals surface area contributed by atoms with Crippen LogP contribution in [-0.2, 0) is 0 Å². The molecule has 2 saturated heterocycles. The molecule has 2 atom stereocenters. The van der Waals surface area contributed by atoms with Crippen molar-refractivity contribution in [1.82, 2.24) is 4.90 Å². The second kappa shape index (κ2) is 2.96. The van der Waals surface area contributed by atoms with E-state index in [2.05, 4.69) is 23.7 Å². The standard InChI is InChI=1S/C8H16N2S/c1-10-7-2-6(9)3-8(10)5-11-4-7/h6-8H,2-5,9H2,1H3. The maximum absolute atomic E-state index is 5.95. The van der Waals surface area contributed by atoms with Crippen molar-refractivity contribution in [2.45, 2.75) is 31.0 Å². The van der Waals surface area contributed by atoms with E-state index in [1.807, 2.05) is 0 Å². The number of nitrogens with two attached hydrogens (primary N) is 1. The summed E-state index contributed by atoms with van der Waals surface area (Å²) in [6.07, 6.45) is 2.42. The van der Waals surface area contributed by atoms with Crippen LogP contribution in [0.4, 0.5) is 0 Å². The molecule has 0 spiro atoms. The Balaban J connectivity index is 2.07. The van der Waals surface area contributed by atoms with E-state index >= 15 is 0 Å². The number of nitrogens with zero attached hydrogens (tertiary/aromatic N) is 1. The van der Waals surface area contributed by atoms with Crippen LogP contribution < -0.4 is 5.73 Å². The summed E-state index contributed by atoms with van der Waals surface area (Å²) in [6, 6.07) is 2.01. The van der Waals surface area contributed by atoms with Gasteiger partial charge in [-0.1, -0.05) is 0 Å². The summed E-state index contributed by atoms with van der Waals surface area (Å²) in [5, 5.41) is 0. The molecule has 2 N–H and O–H groups in total. The molecule has 11 heavy (non-hydrogen) atoms. The summed E-state index contributed by atoms with van der Waals surface area (Å²) >= 11 is 2.10. The summed E-state index contributed by atoms with van der Waals surface area (Å²) < 4.78 is 0. The van der Waals surface area contributed by atoms with Gasteiger partial charge in [0.2, 0.25) is 0 Å². The Hall–Kier alpha value is 0.270. The molecule has 2 unspecified atom stereocenters. The van der Waals surface area contributed by atoms with Gasteiger partial charge in [0.25, 0.3) is 0 Å². The molecule has 2 fully saturated rings. The van der Waals surface area contributed by atoms with Crippen molar-refractivity contribution in [3.63, 3.8) is 0 Å². The molecule has 2 rings (SSSR count). The van der Waals surface area contributed by atoms with Crippen molar-refractivity contribution < 1.29 is 0 Å². The fraction of sp³-hybridized carbons (Fsp3) is 1.00. The normalized spacial score (nSPS) is 45.8. The second-order valence-electron chi connectivity index (χ2n) is 3.74. The van der Waals surface area contributed by atoms with Crippen molar-refractivity contribution >= 4 is 11.8 Å². The van der Waals surface area contributed by atoms with E-state index in [4.69, 9.17) is 5.73 Å². The lowest BCUT2D eigenvalue weighted by Gasteiger charge is -2.45. The molecule has 0 saturated carbocycles. The molecule has 3 heteroatoms. The smallest absolute Gasteiger partial charge is 0.0201 e. The SMILES string of the molecule is CN1C2CSCC1CC(N)C2. The van der Waals surface area contributed by atoms with Crippen LogP contribution in [-0.4, -0.2) is 41.6 Å². The van der Waals surface area contributed by atoms with E-state index < -0.39 is 0 Å². The van der Waals surface area contributed by atoms with Gasteiger partial charge in [-0.05, 0) is 19.9 Å². The van der Waals surface area contributed by atoms with Gasteiger partial charge < -0.3 is 5.73 Å². The molecule has 2 aliphatic rings. The molecule has 2 nitrogen and oxygen atoms in total. The van der Waals surface area contributed by atoms with Crippen molar-refractivity contribution in [3.05, 3.63) is 0 Å². The summed E-state index contributed by atoms with van der Waals surface area (Å²) in [5.41, 5.74) is 5.95. The highest BCUT2D eigenvalue weighted by atomic mass is 32.2. The van der Waals surface area contributed by atoms with Crippen molar-refractivity contribution in [1.29, 1.82) is 0 Å². The Morgan fingerprint density at radius 1 is 1.27 bits per heavy atom. The lowest BCUT2D eigenvalue weighted by molar-refractivity contribution is 0.123. The van der Waals surface area contributed by atoms with Crippen LogP contribution in [0.1, 0.15) is 12.8 Å². The fourth-order valence-corrected chi connectivity index (χ4v) is 3.56. The third kappa shape index (κ3) is 1.42. The average Bonchev–Trinajstić information content (AvgIpc) is 1.92. The fourth-order valence-electron chi connectivity index (χ4n) is 2.14. The zero-order valence-electron chi connectivity index (χ0n) is 6.99. The first-order chi connectivity index (χ1) is 5.27. The van der Waals surface area contributed by atoms with E-state index in [1.54, 1.807) is 0 Å². The minimum absolute atomic E-state index is 0.474. The first kappa shape index (κ1) is 7.90. The van der Waals surface area contributed by atoms with Crippen LogP contribution in [0.3, 0.4) is 0 Å². The van der Waals surface area contributed by atoms with Crippen molar-refractivity contribution in [3.8, 4) is 0 Å². The van der Waals surface area contributed by atoms with Gasteiger partial charge in [0.15, 0.2) is 0 Å². The number of hydrogen-bond donors (Lipinski definition) is 1. The second-order valence-corrected chi connectivity index (χ2v) is 4.82. The minimum Gasteiger partial charge on any atom is -0.328 e. The molecule has 0 radical (unpaired) electrons. The van der Waals surface area contributed by atoms with Gasteiger partial charge in [-0.15, -0.1) is 0 Å². The molecule has 2 bridgehead atoms. The van der Waals surface area contributed by atoms with Gasteiger partial charge in [0, 0.05) is 29.6 Å². The van der Waals surface area contributed by atoms with E-state index in [0.29, 0.717) is 6.04 Å². The van der Waals surface area contributed by atoms with Crippen LogP contribution in [0, 0.1) is 0 Å². The third-order valence-corrected chi connectivity index (χ3v) is 4.16. The van der Waals surface area contributed by atoms with E-state index in [-0.39, 0.29) is 0 Å². The number of rotatable bonds is 0. The average molecular weight is 172 g/mol. The predicted octanol–water partition coefficient (Wildman–Crippen LogP) is 0.523. The highest BCUT2D eigenvalue weighted by Crippen LogP contribution is 2.30. The van der Waals surface area contributed by atoms with Crippen LogP contribution in [0.25, 0.3) is 0 Å². The number of thioether (sulfide) groups is 1. The maximum atomic E-state index is 5.95. The van der Waals surface area contributed by atoms with Gasteiger partial charge in [-0.2, -0.15) is 11.8 Å². The van der Waals surface area contributed by atoms with Gasteiger partial charge in [0.1, 0.15) is 0 Å². The van der Waals surface area contributed by atoms with Crippen LogP contribution in [0.2, 0.25) is 0 Å². The molecule has 0 aromatic rings. The maximum Gasteiger partial charge on any atom is 0.0201 e. The van der Waals surface area contributed by atoms with Gasteiger partial charge in [0.05, 0.1) is 0 Å². The lowest BCUT2D eigenvalue weighted by atomic mass is 9.94. The van der Waals surface area contributed by atoms with Crippen LogP contribution >= 0.6 is 11.8 Å². The highest BCUT2D eigenvalue weighted by molar-refractivity contribution is 7.99.